The second-order valence-electron chi connectivity index (χ2n) is 7.23. The van der Waals surface area contributed by atoms with Crippen molar-refractivity contribution < 1.29 is 4.79 Å². The molecule has 0 saturated carbocycles. The summed E-state index contributed by atoms with van der Waals surface area (Å²) in [5, 5.41) is 4.28. The Morgan fingerprint density at radius 3 is 2.92 bits per heavy atom. The summed E-state index contributed by atoms with van der Waals surface area (Å²) < 4.78 is 1.97. The molecule has 3 rings (SSSR count). The molecule has 0 N–H and O–H groups in total. The molecule has 1 aromatic heterocycles. The molecule has 1 amide bonds. The number of piperazine rings is 1. The van der Waals surface area contributed by atoms with Crippen LogP contribution in [0.4, 0.5) is 0 Å². The number of rotatable bonds is 5. The summed E-state index contributed by atoms with van der Waals surface area (Å²) in [6.07, 6.45) is 6.02. The van der Waals surface area contributed by atoms with E-state index < -0.39 is 0 Å². The Labute approximate surface area is 150 Å². The molecule has 0 aromatic carbocycles. The zero-order valence-corrected chi connectivity index (χ0v) is 15.5. The van der Waals surface area contributed by atoms with Gasteiger partial charge in [-0.3, -0.25) is 14.6 Å². The third-order valence-corrected chi connectivity index (χ3v) is 5.79. The maximum absolute atomic E-state index is 12.4. The van der Waals surface area contributed by atoms with Crippen LogP contribution in [0.3, 0.4) is 0 Å². The van der Waals surface area contributed by atoms with Crippen LogP contribution in [0.2, 0.25) is 0 Å². The number of aryl methyl sites for hydroxylation is 1. The molecule has 1 spiro atoms. The number of nitrogens with zero attached hydrogens (tertiary/aromatic N) is 6. The molecule has 0 aliphatic carbocycles. The van der Waals surface area contributed by atoms with Crippen molar-refractivity contribution in [3.8, 4) is 0 Å². The van der Waals surface area contributed by atoms with Crippen molar-refractivity contribution in [3.63, 3.8) is 0 Å². The van der Waals surface area contributed by atoms with Gasteiger partial charge in [-0.05, 0) is 26.8 Å². The fourth-order valence-electron chi connectivity index (χ4n) is 4.13. The van der Waals surface area contributed by atoms with E-state index in [0.717, 1.165) is 57.9 Å². The molecule has 0 radical (unpaired) electrons. The summed E-state index contributed by atoms with van der Waals surface area (Å²) in [5.74, 6) is 1.29. The Hall–Kier alpha value is -1.73. The third-order valence-electron chi connectivity index (χ3n) is 5.79. The number of hydrogen-bond donors (Lipinski definition) is 0. The highest BCUT2D eigenvalue weighted by Crippen LogP contribution is 2.32. The largest absolute Gasteiger partial charge is 0.339 e. The quantitative estimate of drug-likeness (QED) is 0.744. The molecular weight excluding hydrogens is 316 g/mol. The summed E-state index contributed by atoms with van der Waals surface area (Å²) in [6.45, 7) is 12.0. The van der Waals surface area contributed by atoms with Gasteiger partial charge in [0.2, 0.25) is 5.91 Å². The number of amides is 1. The highest BCUT2D eigenvalue weighted by molar-refractivity contribution is 5.76. The van der Waals surface area contributed by atoms with Crippen LogP contribution in [-0.2, 0) is 17.9 Å². The monoisotopic (exact) mass is 346 g/mol. The first-order chi connectivity index (χ1) is 12.1. The Bertz CT molecular complexity index is 614. The van der Waals surface area contributed by atoms with Crippen LogP contribution in [0, 0.1) is 0 Å². The molecule has 7 nitrogen and oxygen atoms in total. The van der Waals surface area contributed by atoms with Crippen LogP contribution >= 0.6 is 0 Å². The van der Waals surface area contributed by atoms with Crippen LogP contribution in [0.25, 0.3) is 0 Å². The molecule has 7 heteroatoms. The first kappa shape index (κ1) is 18.1. The van der Waals surface area contributed by atoms with Crippen molar-refractivity contribution >= 4 is 5.91 Å². The molecule has 2 fully saturated rings. The van der Waals surface area contributed by atoms with Gasteiger partial charge in [0.1, 0.15) is 12.2 Å². The molecule has 2 saturated heterocycles. The van der Waals surface area contributed by atoms with E-state index in [0.29, 0.717) is 13.0 Å². The SMILES string of the molecule is C=CCN1CCC2(CCC1=O)CN(Cc1ncnn1CC)CCN2C. The zero-order valence-electron chi connectivity index (χ0n) is 15.5. The topological polar surface area (TPSA) is 57.5 Å². The van der Waals surface area contributed by atoms with Crippen molar-refractivity contribution in [2.24, 2.45) is 0 Å². The minimum absolute atomic E-state index is 0.0703. The van der Waals surface area contributed by atoms with E-state index in [1.54, 1.807) is 6.33 Å². The number of hydrogen-bond acceptors (Lipinski definition) is 5. The van der Waals surface area contributed by atoms with Gasteiger partial charge in [-0.15, -0.1) is 6.58 Å². The number of likely N-dealkylation sites (N-methyl/N-ethyl adjacent to an activating group) is 1. The van der Waals surface area contributed by atoms with Gasteiger partial charge in [0.25, 0.3) is 0 Å². The molecule has 25 heavy (non-hydrogen) atoms. The van der Waals surface area contributed by atoms with Crippen molar-refractivity contribution in [2.45, 2.75) is 44.8 Å². The van der Waals surface area contributed by atoms with Crippen molar-refractivity contribution in [1.82, 2.24) is 29.5 Å². The number of carbonyl (C=O) groups excluding carboxylic acids is 1. The van der Waals surface area contributed by atoms with E-state index in [4.69, 9.17) is 0 Å². The van der Waals surface area contributed by atoms with Crippen molar-refractivity contribution in [3.05, 3.63) is 24.8 Å². The summed E-state index contributed by atoms with van der Waals surface area (Å²) in [4.78, 5) is 23.7. The van der Waals surface area contributed by atoms with Gasteiger partial charge in [-0.2, -0.15) is 5.10 Å². The zero-order chi connectivity index (χ0) is 17.9. The van der Waals surface area contributed by atoms with Gasteiger partial charge in [0.05, 0.1) is 6.54 Å². The standard InChI is InChI=1S/C18H30N6O/c1-4-9-23-10-8-18(7-6-17(23)25)14-22(12-11-21(18)3)13-16-19-15-20-24(16)5-2/h4,15H,1,5-14H2,2-3H3. The van der Waals surface area contributed by atoms with E-state index in [1.807, 2.05) is 15.7 Å². The molecule has 2 aliphatic rings. The smallest absolute Gasteiger partial charge is 0.222 e. The fraction of sp³-hybridized carbons (Fsp3) is 0.722. The lowest BCUT2D eigenvalue weighted by Crippen LogP contribution is -2.60. The molecule has 0 bridgehead atoms. The van der Waals surface area contributed by atoms with Crippen LogP contribution in [0.5, 0.6) is 0 Å². The summed E-state index contributed by atoms with van der Waals surface area (Å²) in [7, 11) is 2.21. The number of carbonyl (C=O) groups is 1. The maximum atomic E-state index is 12.4. The minimum Gasteiger partial charge on any atom is -0.339 e. The van der Waals surface area contributed by atoms with E-state index in [9.17, 15) is 4.79 Å². The molecule has 1 aromatic rings. The van der Waals surface area contributed by atoms with Crippen LogP contribution < -0.4 is 0 Å². The number of aromatic nitrogens is 3. The summed E-state index contributed by atoms with van der Waals surface area (Å²) >= 11 is 0. The van der Waals surface area contributed by atoms with Gasteiger partial charge >= 0.3 is 0 Å². The van der Waals surface area contributed by atoms with Crippen LogP contribution in [-0.4, -0.2) is 80.7 Å². The first-order valence-electron chi connectivity index (χ1n) is 9.27. The Morgan fingerprint density at radius 2 is 2.16 bits per heavy atom. The lowest BCUT2D eigenvalue weighted by molar-refractivity contribution is -0.130. The van der Waals surface area contributed by atoms with Gasteiger partial charge in [-0.1, -0.05) is 6.08 Å². The van der Waals surface area contributed by atoms with Gasteiger partial charge in [0.15, 0.2) is 0 Å². The van der Waals surface area contributed by atoms with E-state index >= 15 is 0 Å². The second kappa shape index (κ2) is 7.66. The molecule has 1 unspecified atom stereocenters. The molecule has 138 valence electrons. The minimum atomic E-state index is 0.0703. The van der Waals surface area contributed by atoms with Crippen molar-refractivity contribution in [1.29, 1.82) is 0 Å². The highest BCUT2D eigenvalue weighted by atomic mass is 16.2. The lowest BCUT2D eigenvalue weighted by Gasteiger charge is -2.49. The Morgan fingerprint density at radius 1 is 1.32 bits per heavy atom. The Kier molecular flexibility index (Phi) is 5.54. The highest BCUT2D eigenvalue weighted by Gasteiger charge is 2.42. The second-order valence-corrected chi connectivity index (χ2v) is 7.23. The molecular formula is C18H30N6O. The fourth-order valence-corrected chi connectivity index (χ4v) is 4.13. The molecule has 2 aliphatic heterocycles. The average Bonchev–Trinajstić information content (AvgIpc) is 3.00. The predicted octanol–water partition coefficient (Wildman–Crippen LogP) is 0.983. The third kappa shape index (κ3) is 3.77. The predicted molar refractivity (Wildman–Crippen MR) is 97.0 cm³/mol. The van der Waals surface area contributed by atoms with E-state index in [1.165, 1.54) is 0 Å². The Balaban J connectivity index is 1.71. The van der Waals surface area contributed by atoms with E-state index in [-0.39, 0.29) is 11.4 Å². The van der Waals surface area contributed by atoms with Crippen LogP contribution in [0.1, 0.15) is 32.0 Å². The summed E-state index contributed by atoms with van der Waals surface area (Å²) in [5.41, 5.74) is 0.0703. The van der Waals surface area contributed by atoms with Gasteiger partial charge < -0.3 is 4.90 Å². The van der Waals surface area contributed by atoms with Crippen molar-refractivity contribution in [2.75, 3.05) is 39.8 Å². The van der Waals surface area contributed by atoms with Gasteiger partial charge in [-0.25, -0.2) is 9.67 Å². The van der Waals surface area contributed by atoms with Crippen LogP contribution in [0.15, 0.2) is 19.0 Å². The maximum Gasteiger partial charge on any atom is 0.222 e. The average molecular weight is 346 g/mol. The summed E-state index contributed by atoms with van der Waals surface area (Å²) in [6, 6.07) is 0. The first-order valence-corrected chi connectivity index (χ1v) is 9.27. The lowest BCUT2D eigenvalue weighted by atomic mass is 9.86. The van der Waals surface area contributed by atoms with E-state index in [2.05, 4.69) is 40.4 Å². The number of likely N-dealkylation sites (tertiary alicyclic amines) is 1. The normalized spacial score (nSPS) is 26.2. The molecule has 3 heterocycles. The van der Waals surface area contributed by atoms with Gasteiger partial charge in [0, 0.05) is 51.2 Å². The molecule has 1 atom stereocenters.